The molecule has 2 aromatic carbocycles. The first-order valence-corrected chi connectivity index (χ1v) is 8.58. The summed E-state index contributed by atoms with van der Waals surface area (Å²) in [5, 5.41) is 1.69. The summed E-state index contributed by atoms with van der Waals surface area (Å²) in [6.07, 6.45) is 0. The van der Waals surface area contributed by atoms with Gasteiger partial charge in [0.05, 0.1) is 20.4 Å². The number of aryl methyl sites for hydroxylation is 2. The largest absolute Gasteiger partial charge is 0.274 e. The average Bonchev–Trinajstić information content (AvgIpc) is 3.10. The number of fused-ring (bicyclic) bond motifs is 2. The van der Waals surface area contributed by atoms with Crippen molar-refractivity contribution in [2.45, 2.75) is 13.8 Å². The van der Waals surface area contributed by atoms with Crippen LogP contribution in [0.3, 0.4) is 0 Å². The molecule has 0 spiro atoms. The Bertz CT molecular complexity index is 891. The molecule has 0 aliphatic carbocycles. The lowest BCUT2D eigenvalue weighted by Gasteiger charge is -2.01. The second-order valence-electron chi connectivity index (χ2n) is 5.13. The number of anilines is 2. The zero-order chi connectivity index (χ0) is 15.1. The van der Waals surface area contributed by atoms with Gasteiger partial charge in [0, 0.05) is 0 Å². The molecule has 0 fully saturated rings. The van der Waals surface area contributed by atoms with Crippen LogP contribution in [0.25, 0.3) is 20.4 Å². The molecule has 0 saturated carbocycles. The summed E-state index contributed by atoms with van der Waals surface area (Å²) < 4.78 is 2.37. The highest BCUT2D eigenvalue weighted by molar-refractivity contribution is 7.23. The summed E-state index contributed by atoms with van der Waals surface area (Å²) in [6.45, 7) is 4.16. The average molecular weight is 326 g/mol. The Balaban J connectivity index is 1.60. The first-order valence-electron chi connectivity index (χ1n) is 6.95. The molecule has 0 atom stereocenters. The Kier molecular flexibility index (Phi) is 3.20. The van der Waals surface area contributed by atoms with Crippen molar-refractivity contribution in [2.24, 2.45) is 0 Å². The topological polar surface area (TPSA) is 49.8 Å². The van der Waals surface area contributed by atoms with E-state index in [1.165, 1.54) is 20.5 Å². The smallest absolute Gasteiger partial charge is 0.202 e. The molecule has 110 valence electrons. The fraction of sp³-hybridized carbons (Fsp3) is 0.125. The maximum atomic E-state index is 4.62. The minimum atomic E-state index is 0.847. The van der Waals surface area contributed by atoms with Crippen LogP contribution in [0.15, 0.2) is 36.4 Å². The SMILES string of the molecule is Cc1cccc2sc(NNc3nc4c(C)cccc4s3)nc12. The molecule has 0 unspecified atom stereocenters. The molecule has 0 saturated heterocycles. The van der Waals surface area contributed by atoms with Crippen molar-refractivity contribution in [1.29, 1.82) is 0 Å². The first-order chi connectivity index (χ1) is 10.7. The number of nitrogens with one attached hydrogen (secondary N) is 2. The molecule has 0 amide bonds. The van der Waals surface area contributed by atoms with Gasteiger partial charge in [-0.2, -0.15) is 0 Å². The lowest BCUT2D eigenvalue weighted by Crippen LogP contribution is -2.07. The first kappa shape index (κ1) is 13.5. The number of hydrogen-bond donors (Lipinski definition) is 2. The zero-order valence-corrected chi connectivity index (χ0v) is 13.8. The molecule has 22 heavy (non-hydrogen) atoms. The quantitative estimate of drug-likeness (QED) is 0.522. The summed E-state index contributed by atoms with van der Waals surface area (Å²) in [7, 11) is 0. The molecule has 0 radical (unpaired) electrons. The van der Waals surface area contributed by atoms with Crippen LogP contribution in [0.5, 0.6) is 0 Å². The fourth-order valence-electron chi connectivity index (χ4n) is 2.39. The number of para-hydroxylation sites is 2. The van der Waals surface area contributed by atoms with Crippen molar-refractivity contribution in [2.75, 3.05) is 10.9 Å². The van der Waals surface area contributed by atoms with E-state index in [-0.39, 0.29) is 0 Å². The van der Waals surface area contributed by atoms with Gasteiger partial charge in [-0.05, 0) is 37.1 Å². The molecule has 6 heteroatoms. The van der Waals surface area contributed by atoms with Crippen LogP contribution >= 0.6 is 22.7 Å². The second kappa shape index (κ2) is 5.23. The zero-order valence-electron chi connectivity index (χ0n) is 12.2. The molecule has 4 nitrogen and oxygen atoms in total. The van der Waals surface area contributed by atoms with E-state index in [0.717, 1.165) is 21.3 Å². The lowest BCUT2D eigenvalue weighted by molar-refractivity contribution is 1.32. The van der Waals surface area contributed by atoms with Gasteiger partial charge in [-0.1, -0.05) is 46.9 Å². The van der Waals surface area contributed by atoms with Crippen LogP contribution in [0.2, 0.25) is 0 Å². The number of thiazole rings is 2. The monoisotopic (exact) mass is 326 g/mol. The van der Waals surface area contributed by atoms with Gasteiger partial charge in [0.15, 0.2) is 0 Å². The Morgan fingerprint density at radius 2 is 1.18 bits per heavy atom. The molecular weight excluding hydrogens is 312 g/mol. The van der Waals surface area contributed by atoms with Gasteiger partial charge in [0.25, 0.3) is 0 Å². The van der Waals surface area contributed by atoms with E-state index >= 15 is 0 Å². The molecule has 2 N–H and O–H groups in total. The summed E-state index contributed by atoms with van der Waals surface area (Å²) in [4.78, 5) is 9.24. The van der Waals surface area contributed by atoms with E-state index < -0.39 is 0 Å². The van der Waals surface area contributed by atoms with Crippen LogP contribution in [-0.4, -0.2) is 9.97 Å². The van der Waals surface area contributed by atoms with E-state index in [9.17, 15) is 0 Å². The highest BCUT2D eigenvalue weighted by Crippen LogP contribution is 2.30. The number of benzene rings is 2. The van der Waals surface area contributed by atoms with Crippen LogP contribution < -0.4 is 10.9 Å². The Morgan fingerprint density at radius 3 is 1.59 bits per heavy atom. The van der Waals surface area contributed by atoms with Gasteiger partial charge in [0.1, 0.15) is 0 Å². The van der Waals surface area contributed by atoms with E-state index in [4.69, 9.17) is 0 Å². The third-order valence-electron chi connectivity index (χ3n) is 3.52. The van der Waals surface area contributed by atoms with Crippen LogP contribution in [0.4, 0.5) is 10.3 Å². The fourth-order valence-corrected chi connectivity index (χ4v) is 4.18. The lowest BCUT2D eigenvalue weighted by atomic mass is 10.2. The standard InChI is InChI=1S/C16H14N4S2/c1-9-5-3-7-11-13(9)17-15(21-11)19-20-16-18-14-10(2)6-4-8-12(14)22-16/h3-8H,1-2H3,(H,17,19)(H,18,20). The molecule has 4 aromatic rings. The number of hydrogen-bond acceptors (Lipinski definition) is 6. The predicted molar refractivity (Wildman–Crippen MR) is 96.0 cm³/mol. The number of rotatable bonds is 3. The van der Waals surface area contributed by atoms with E-state index in [1.54, 1.807) is 22.7 Å². The minimum absolute atomic E-state index is 0.847. The van der Waals surface area contributed by atoms with Gasteiger partial charge in [-0.3, -0.25) is 10.9 Å². The molecule has 2 aromatic heterocycles. The molecule has 0 aliphatic rings. The molecule has 4 rings (SSSR count). The number of aromatic nitrogens is 2. The summed E-state index contributed by atoms with van der Waals surface area (Å²) >= 11 is 3.27. The summed E-state index contributed by atoms with van der Waals surface area (Å²) in [5.41, 5.74) is 10.8. The Morgan fingerprint density at radius 1 is 0.727 bits per heavy atom. The van der Waals surface area contributed by atoms with Crippen molar-refractivity contribution in [3.05, 3.63) is 47.5 Å². The number of hydrazine groups is 1. The molecule has 0 bridgehead atoms. The normalized spacial score (nSPS) is 11.2. The van der Waals surface area contributed by atoms with Gasteiger partial charge in [-0.25, -0.2) is 9.97 Å². The van der Waals surface area contributed by atoms with Gasteiger partial charge < -0.3 is 0 Å². The maximum Gasteiger partial charge on any atom is 0.202 e. The third-order valence-corrected chi connectivity index (χ3v) is 5.39. The highest BCUT2D eigenvalue weighted by atomic mass is 32.1. The minimum Gasteiger partial charge on any atom is -0.274 e. The van der Waals surface area contributed by atoms with Crippen molar-refractivity contribution < 1.29 is 0 Å². The van der Waals surface area contributed by atoms with Crippen LogP contribution in [0.1, 0.15) is 11.1 Å². The molecule has 2 heterocycles. The van der Waals surface area contributed by atoms with E-state index in [1.807, 2.05) is 0 Å². The Labute approximate surface area is 135 Å². The van der Waals surface area contributed by atoms with Gasteiger partial charge in [-0.15, -0.1) is 0 Å². The van der Waals surface area contributed by atoms with Crippen molar-refractivity contribution in [1.82, 2.24) is 9.97 Å². The summed E-state index contributed by atoms with van der Waals surface area (Å²) in [6, 6.07) is 12.5. The third kappa shape index (κ3) is 2.30. The summed E-state index contributed by atoms with van der Waals surface area (Å²) in [5.74, 6) is 0. The van der Waals surface area contributed by atoms with E-state index in [0.29, 0.717) is 0 Å². The van der Waals surface area contributed by atoms with Crippen molar-refractivity contribution in [3.8, 4) is 0 Å². The molecular formula is C16H14N4S2. The number of nitrogens with zero attached hydrogens (tertiary/aromatic N) is 2. The van der Waals surface area contributed by atoms with Crippen LogP contribution in [0, 0.1) is 13.8 Å². The van der Waals surface area contributed by atoms with E-state index in [2.05, 4.69) is 71.1 Å². The molecule has 0 aliphatic heterocycles. The Hall–Kier alpha value is -2.18. The van der Waals surface area contributed by atoms with Crippen molar-refractivity contribution in [3.63, 3.8) is 0 Å². The van der Waals surface area contributed by atoms with Crippen molar-refractivity contribution >= 4 is 53.4 Å². The van der Waals surface area contributed by atoms with Gasteiger partial charge >= 0.3 is 0 Å². The van der Waals surface area contributed by atoms with Crippen LogP contribution in [-0.2, 0) is 0 Å². The highest BCUT2D eigenvalue weighted by Gasteiger charge is 2.08. The van der Waals surface area contributed by atoms with Gasteiger partial charge in [0.2, 0.25) is 10.3 Å². The maximum absolute atomic E-state index is 4.62. The predicted octanol–water partition coefficient (Wildman–Crippen LogP) is 4.96. The second-order valence-corrected chi connectivity index (χ2v) is 7.19.